The number of aryl methyl sites for hydroxylation is 1. The van der Waals surface area contributed by atoms with Gasteiger partial charge in [-0.05, 0) is 40.5 Å². The summed E-state index contributed by atoms with van der Waals surface area (Å²) in [6.07, 6.45) is 1.54. The maximum absolute atomic E-state index is 11.3. The van der Waals surface area contributed by atoms with Crippen LogP contribution in [0.1, 0.15) is 15.9 Å². The molecule has 0 spiro atoms. The normalized spacial score (nSPS) is 10.2. The van der Waals surface area contributed by atoms with Gasteiger partial charge in [-0.25, -0.2) is 9.78 Å². The molecule has 1 N–H and O–H groups in total. The summed E-state index contributed by atoms with van der Waals surface area (Å²) in [6, 6.07) is 5.53. The first-order valence-corrected chi connectivity index (χ1v) is 6.50. The van der Waals surface area contributed by atoms with E-state index in [0.717, 1.165) is 11.6 Å². The van der Waals surface area contributed by atoms with Crippen molar-refractivity contribution < 1.29 is 19.6 Å². The maximum Gasteiger partial charge on any atom is 0.346 e. The number of hydrogen-bond donors (Lipinski definition) is 1. The second-order valence-corrected chi connectivity index (χ2v) is 4.97. The third-order valence-corrected chi connectivity index (χ3v) is 3.13. The molecule has 1 heterocycles. The molecule has 0 unspecified atom stereocenters. The molecular weight excluding hydrogens is 344 g/mol. The molecule has 0 aliphatic rings. The molecule has 0 saturated carbocycles. The first-order chi connectivity index (χ1) is 9.90. The van der Waals surface area contributed by atoms with Gasteiger partial charge in [0.05, 0.1) is 9.40 Å². The molecule has 0 radical (unpaired) electrons. The Kier molecular flexibility index (Phi) is 4.18. The number of rotatable bonds is 4. The third kappa shape index (κ3) is 3.16. The Morgan fingerprint density at radius 3 is 2.76 bits per heavy atom. The van der Waals surface area contributed by atoms with Crippen molar-refractivity contribution >= 4 is 27.6 Å². The van der Waals surface area contributed by atoms with Crippen LogP contribution in [0.4, 0.5) is 5.69 Å². The van der Waals surface area contributed by atoms with Gasteiger partial charge in [-0.1, -0.05) is 6.07 Å². The Balaban J connectivity index is 2.51. The minimum atomic E-state index is -1.44. The predicted octanol–water partition coefficient (Wildman–Crippen LogP) is 3.55. The van der Waals surface area contributed by atoms with E-state index >= 15 is 0 Å². The SMILES string of the molecule is Cc1cnc(Oc2cccc([N+](=O)[O-])c2C(=O)O)c(Br)c1. The molecule has 7 nitrogen and oxygen atoms in total. The Hall–Kier alpha value is -2.48. The zero-order chi connectivity index (χ0) is 15.6. The van der Waals surface area contributed by atoms with Crippen molar-refractivity contribution in [2.45, 2.75) is 6.92 Å². The molecule has 0 aliphatic heterocycles. The minimum absolute atomic E-state index is 0.128. The Bertz CT molecular complexity index is 732. The average Bonchev–Trinajstić information content (AvgIpc) is 2.41. The number of halogens is 1. The summed E-state index contributed by atoms with van der Waals surface area (Å²) < 4.78 is 5.92. The van der Waals surface area contributed by atoms with Crippen LogP contribution in [0.5, 0.6) is 11.6 Å². The summed E-state index contributed by atoms with van der Waals surface area (Å²) >= 11 is 3.24. The number of aromatic carboxylic acids is 1. The van der Waals surface area contributed by atoms with Crippen LogP contribution in [0, 0.1) is 17.0 Å². The van der Waals surface area contributed by atoms with Crippen molar-refractivity contribution in [3.8, 4) is 11.6 Å². The Morgan fingerprint density at radius 1 is 1.48 bits per heavy atom. The van der Waals surface area contributed by atoms with Gasteiger partial charge < -0.3 is 9.84 Å². The number of hydrogen-bond acceptors (Lipinski definition) is 5. The van der Waals surface area contributed by atoms with Crippen LogP contribution in [0.2, 0.25) is 0 Å². The van der Waals surface area contributed by atoms with E-state index in [9.17, 15) is 20.0 Å². The molecule has 1 aromatic carbocycles. The monoisotopic (exact) mass is 352 g/mol. The lowest BCUT2D eigenvalue weighted by atomic mass is 10.1. The van der Waals surface area contributed by atoms with Gasteiger partial charge in [0, 0.05) is 12.3 Å². The molecule has 2 rings (SSSR count). The van der Waals surface area contributed by atoms with E-state index < -0.39 is 22.1 Å². The lowest BCUT2D eigenvalue weighted by Crippen LogP contribution is -2.05. The van der Waals surface area contributed by atoms with Crippen molar-refractivity contribution in [2.75, 3.05) is 0 Å². The summed E-state index contributed by atoms with van der Waals surface area (Å²) in [5.74, 6) is -1.46. The Morgan fingerprint density at radius 2 is 2.19 bits per heavy atom. The molecule has 0 atom stereocenters. The predicted molar refractivity (Wildman–Crippen MR) is 76.8 cm³/mol. The first kappa shape index (κ1) is 14.9. The molecule has 108 valence electrons. The maximum atomic E-state index is 11.3. The van der Waals surface area contributed by atoms with Crippen LogP contribution < -0.4 is 4.74 Å². The lowest BCUT2D eigenvalue weighted by Gasteiger charge is -2.09. The van der Waals surface area contributed by atoms with Gasteiger partial charge in [-0.15, -0.1) is 0 Å². The summed E-state index contributed by atoms with van der Waals surface area (Å²) in [4.78, 5) is 25.4. The number of carbonyl (C=O) groups is 1. The van der Waals surface area contributed by atoms with Crippen LogP contribution in [0.15, 0.2) is 34.9 Å². The number of aromatic nitrogens is 1. The zero-order valence-electron chi connectivity index (χ0n) is 10.7. The van der Waals surface area contributed by atoms with Gasteiger partial charge in [-0.2, -0.15) is 0 Å². The average molecular weight is 353 g/mol. The van der Waals surface area contributed by atoms with Crippen molar-refractivity contribution in [2.24, 2.45) is 0 Å². The van der Waals surface area contributed by atoms with Crippen LogP contribution in [0.3, 0.4) is 0 Å². The largest absolute Gasteiger partial charge is 0.477 e. The molecule has 0 fully saturated rings. The van der Waals surface area contributed by atoms with Gasteiger partial charge in [0.15, 0.2) is 11.3 Å². The number of benzene rings is 1. The van der Waals surface area contributed by atoms with Gasteiger partial charge in [0.25, 0.3) is 5.69 Å². The van der Waals surface area contributed by atoms with E-state index in [1.54, 1.807) is 6.07 Å². The number of nitrogens with zero attached hydrogens (tertiary/aromatic N) is 2. The van der Waals surface area contributed by atoms with Crippen LogP contribution in [-0.4, -0.2) is 21.0 Å². The number of nitro groups is 1. The van der Waals surface area contributed by atoms with Crippen LogP contribution in [0.25, 0.3) is 0 Å². The van der Waals surface area contributed by atoms with Crippen molar-refractivity contribution in [1.82, 2.24) is 4.98 Å². The molecule has 0 aliphatic carbocycles. The quantitative estimate of drug-likeness (QED) is 0.666. The van der Waals surface area contributed by atoms with Crippen molar-refractivity contribution in [3.63, 3.8) is 0 Å². The number of carboxylic acids is 1. The highest BCUT2D eigenvalue weighted by Crippen LogP contribution is 2.34. The van der Waals surface area contributed by atoms with E-state index in [4.69, 9.17) is 4.74 Å². The van der Waals surface area contributed by atoms with Crippen LogP contribution >= 0.6 is 15.9 Å². The lowest BCUT2D eigenvalue weighted by molar-refractivity contribution is -0.385. The van der Waals surface area contributed by atoms with E-state index in [0.29, 0.717) is 4.47 Å². The molecule has 0 amide bonds. The zero-order valence-corrected chi connectivity index (χ0v) is 12.3. The first-order valence-electron chi connectivity index (χ1n) is 5.71. The molecule has 0 saturated heterocycles. The second kappa shape index (κ2) is 5.88. The van der Waals surface area contributed by atoms with Crippen molar-refractivity contribution in [1.29, 1.82) is 0 Å². The van der Waals surface area contributed by atoms with Crippen molar-refractivity contribution in [3.05, 3.63) is 56.2 Å². The molecule has 8 heteroatoms. The van der Waals surface area contributed by atoms with Gasteiger partial charge in [0.2, 0.25) is 5.88 Å². The third-order valence-electron chi connectivity index (χ3n) is 2.57. The molecular formula is C13H9BrN2O5. The standard InChI is InChI=1S/C13H9BrN2O5/c1-7-5-8(14)12(15-6-7)21-10-4-2-3-9(16(19)20)11(10)13(17)18/h2-6H,1H3,(H,17,18). The van der Waals surface area contributed by atoms with E-state index in [1.807, 2.05) is 6.92 Å². The molecule has 0 bridgehead atoms. The highest BCUT2D eigenvalue weighted by molar-refractivity contribution is 9.10. The number of ether oxygens (including phenoxy) is 1. The van der Waals surface area contributed by atoms with Crippen LogP contribution in [-0.2, 0) is 0 Å². The minimum Gasteiger partial charge on any atom is -0.477 e. The molecule has 1 aromatic heterocycles. The van der Waals surface area contributed by atoms with Gasteiger partial charge >= 0.3 is 5.97 Å². The summed E-state index contributed by atoms with van der Waals surface area (Å²) in [7, 11) is 0. The Labute approximate surface area is 127 Å². The van der Waals surface area contributed by atoms with E-state index in [-0.39, 0.29) is 11.6 Å². The summed E-state index contributed by atoms with van der Waals surface area (Å²) in [5, 5.41) is 20.1. The fourth-order valence-electron chi connectivity index (χ4n) is 1.67. The topological polar surface area (TPSA) is 103 Å². The number of pyridine rings is 1. The van der Waals surface area contributed by atoms with E-state index in [1.165, 1.54) is 18.3 Å². The smallest absolute Gasteiger partial charge is 0.346 e. The molecule has 2 aromatic rings. The highest BCUT2D eigenvalue weighted by Gasteiger charge is 2.25. The fourth-order valence-corrected chi connectivity index (χ4v) is 2.22. The second-order valence-electron chi connectivity index (χ2n) is 4.11. The van der Waals surface area contributed by atoms with Gasteiger partial charge in [0.1, 0.15) is 0 Å². The highest BCUT2D eigenvalue weighted by atomic mass is 79.9. The van der Waals surface area contributed by atoms with E-state index in [2.05, 4.69) is 20.9 Å². The van der Waals surface area contributed by atoms with Gasteiger partial charge in [-0.3, -0.25) is 10.1 Å². The summed E-state index contributed by atoms with van der Waals surface area (Å²) in [5.41, 5.74) is -0.174. The number of carboxylic acid groups (broad SMARTS) is 1. The number of nitro benzene ring substituents is 1. The molecule has 21 heavy (non-hydrogen) atoms. The fraction of sp³-hybridized carbons (Fsp3) is 0.0769. The summed E-state index contributed by atoms with van der Waals surface area (Å²) in [6.45, 7) is 1.83.